The molecule has 0 radical (unpaired) electrons. The van der Waals surface area contributed by atoms with Crippen LogP contribution in [0.3, 0.4) is 0 Å². The van der Waals surface area contributed by atoms with Gasteiger partial charge in [-0.15, -0.1) is 24.0 Å². The van der Waals surface area contributed by atoms with E-state index in [2.05, 4.69) is 22.2 Å². The van der Waals surface area contributed by atoms with Gasteiger partial charge >= 0.3 is 0 Å². The number of nitrogens with one attached hydrogen (secondary N) is 2. The number of ether oxygens (including phenoxy) is 1. The monoisotopic (exact) mass is 460 g/mol. The summed E-state index contributed by atoms with van der Waals surface area (Å²) in [5.74, 6) is 1.43. The maximum absolute atomic E-state index is 11.6. The van der Waals surface area contributed by atoms with Crippen LogP contribution in [0, 0.1) is 0 Å². The first-order chi connectivity index (χ1) is 11.5. The maximum atomic E-state index is 11.6. The summed E-state index contributed by atoms with van der Waals surface area (Å²) in [6.07, 6.45) is 0.824. The molecule has 1 rings (SSSR count). The molecule has 1 aromatic carbocycles. The van der Waals surface area contributed by atoms with Crippen molar-refractivity contribution in [1.82, 2.24) is 15.5 Å². The van der Waals surface area contributed by atoms with E-state index < -0.39 is 0 Å². The Morgan fingerprint density at radius 2 is 1.92 bits per heavy atom. The van der Waals surface area contributed by atoms with E-state index in [1.165, 1.54) is 4.90 Å². The van der Waals surface area contributed by atoms with Crippen molar-refractivity contribution in [1.29, 1.82) is 0 Å². The number of para-hydroxylation sites is 1. The van der Waals surface area contributed by atoms with Crippen LogP contribution in [0.1, 0.15) is 13.3 Å². The summed E-state index contributed by atoms with van der Waals surface area (Å²) in [6.45, 7) is 7.82. The Morgan fingerprint density at radius 1 is 1.24 bits per heavy atom. The topological polar surface area (TPSA) is 66.0 Å². The summed E-state index contributed by atoms with van der Waals surface area (Å²) < 4.78 is 5.64. The van der Waals surface area contributed by atoms with Crippen LogP contribution in [0.15, 0.2) is 47.5 Å². The highest BCUT2D eigenvalue weighted by molar-refractivity contribution is 14.0. The molecule has 0 aliphatic heterocycles. The first-order valence-electron chi connectivity index (χ1n) is 8.03. The fourth-order valence-corrected chi connectivity index (χ4v) is 1.68. The molecule has 0 spiro atoms. The minimum atomic E-state index is -0.0427. The fourth-order valence-electron chi connectivity index (χ4n) is 1.68. The summed E-state index contributed by atoms with van der Waals surface area (Å²) in [6, 6.07) is 9.71. The number of carbonyl (C=O) groups is 1. The van der Waals surface area contributed by atoms with Gasteiger partial charge in [-0.2, -0.15) is 0 Å². The van der Waals surface area contributed by atoms with Crippen molar-refractivity contribution in [2.75, 3.05) is 40.3 Å². The van der Waals surface area contributed by atoms with E-state index in [4.69, 9.17) is 4.74 Å². The Bertz CT molecular complexity index is 547. The van der Waals surface area contributed by atoms with Crippen LogP contribution >= 0.6 is 24.0 Å². The van der Waals surface area contributed by atoms with Gasteiger partial charge in [-0.1, -0.05) is 30.4 Å². The molecule has 0 bridgehead atoms. The summed E-state index contributed by atoms with van der Waals surface area (Å²) in [5.41, 5.74) is 0.996. The van der Waals surface area contributed by atoms with Crippen molar-refractivity contribution >= 4 is 35.8 Å². The molecule has 0 aromatic heterocycles. The molecule has 0 aliphatic carbocycles. The van der Waals surface area contributed by atoms with Crippen LogP contribution in [0.5, 0.6) is 5.75 Å². The molecule has 0 aliphatic rings. The molecule has 25 heavy (non-hydrogen) atoms. The Balaban J connectivity index is 0.00000576. The molecule has 0 heterocycles. The number of guanidine groups is 1. The van der Waals surface area contributed by atoms with Gasteiger partial charge in [0.25, 0.3) is 0 Å². The van der Waals surface area contributed by atoms with Gasteiger partial charge in [0.15, 0.2) is 5.96 Å². The zero-order valence-electron chi connectivity index (χ0n) is 15.2. The molecule has 2 N–H and O–H groups in total. The van der Waals surface area contributed by atoms with E-state index in [1.807, 2.05) is 37.3 Å². The van der Waals surface area contributed by atoms with Gasteiger partial charge in [0, 0.05) is 27.2 Å². The maximum Gasteiger partial charge on any atom is 0.243 e. The lowest BCUT2D eigenvalue weighted by molar-refractivity contribution is -0.127. The number of hydrogen-bond acceptors (Lipinski definition) is 3. The zero-order chi connectivity index (χ0) is 17.8. The normalized spacial score (nSPS) is 10.4. The third-order valence-electron chi connectivity index (χ3n) is 3.05. The van der Waals surface area contributed by atoms with Crippen LogP contribution in [0.25, 0.3) is 0 Å². The molecular weight excluding hydrogens is 431 g/mol. The number of benzene rings is 1. The average molecular weight is 460 g/mol. The third-order valence-corrected chi connectivity index (χ3v) is 3.05. The Kier molecular flexibility index (Phi) is 12.6. The van der Waals surface area contributed by atoms with E-state index >= 15 is 0 Å². The van der Waals surface area contributed by atoms with Gasteiger partial charge < -0.3 is 20.3 Å². The summed E-state index contributed by atoms with van der Waals surface area (Å²) in [5, 5.41) is 6.35. The van der Waals surface area contributed by atoms with E-state index in [9.17, 15) is 4.79 Å². The number of rotatable bonds is 9. The molecule has 1 amide bonds. The van der Waals surface area contributed by atoms with Crippen molar-refractivity contribution < 1.29 is 9.53 Å². The number of nitrogens with zero attached hydrogens (tertiary/aromatic N) is 2. The number of carbonyl (C=O) groups excluding carboxylic acids is 1. The molecule has 0 unspecified atom stereocenters. The van der Waals surface area contributed by atoms with Crippen molar-refractivity contribution in [2.45, 2.75) is 13.3 Å². The summed E-state index contributed by atoms with van der Waals surface area (Å²) in [7, 11) is 3.43. The van der Waals surface area contributed by atoms with Crippen molar-refractivity contribution in [3.8, 4) is 5.75 Å². The molecule has 0 saturated carbocycles. The second-order valence-corrected chi connectivity index (χ2v) is 5.71. The van der Waals surface area contributed by atoms with Gasteiger partial charge in [-0.25, -0.2) is 4.99 Å². The average Bonchev–Trinajstić information content (AvgIpc) is 2.56. The molecule has 140 valence electrons. The van der Waals surface area contributed by atoms with Gasteiger partial charge in [-0.05, 0) is 25.5 Å². The number of amides is 1. The van der Waals surface area contributed by atoms with Gasteiger partial charge in [0.05, 0.1) is 6.61 Å². The Hall–Kier alpha value is -1.77. The van der Waals surface area contributed by atoms with E-state index in [0.29, 0.717) is 25.7 Å². The largest absolute Gasteiger partial charge is 0.494 e. The smallest absolute Gasteiger partial charge is 0.243 e. The number of halogens is 1. The Labute approximate surface area is 167 Å². The van der Waals surface area contributed by atoms with Crippen LogP contribution < -0.4 is 15.4 Å². The predicted molar refractivity (Wildman–Crippen MR) is 114 cm³/mol. The van der Waals surface area contributed by atoms with Crippen molar-refractivity contribution in [2.24, 2.45) is 4.99 Å². The van der Waals surface area contributed by atoms with E-state index in [1.54, 1.807) is 14.1 Å². The van der Waals surface area contributed by atoms with Crippen LogP contribution in [0.4, 0.5) is 0 Å². The van der Waals surface area contributed by atoms with Crippen LogP contribution in [-0.4, -0.2) is 57.1 Å². The second kappa shape index (κ2) is 13.5. The lowest BCUT2D eigenvalue weighted by Crippen LogP contribution is -2.40. The minimum Gasteiger partial charge on any atom is -0.494 e. The van der Waals surface area contributed by atoms with Gasteiger partial charge in [0.2, 0.25) is 5.91 Å². The molecule has 0 saturated heterocycles. The van der Waals surface area contributed by atoms with Crippen molar-refractivity contribution in [3.63, 3.8) is 0 Å². The molecule has 0 atom stereocenters. The van der Waals surface area contributed by atoms with Crippen LogP contribution in [-0.2, 0) is 4.79 Å². The molecule has 0 fully saturated rings. The highest BCUT2D eigenvalue weighted by Crippen LogP contribution is 2.07. The summed E-state index contributed by atoms with van der Waals surface area (Å²) in [4.78, 5) is 17.5. The fraction of sp³-hybridized carbons (Fsp3) is 0.444. The highest BCUT2D eigenvalue weighted by Gasteiger charge is 2.04. The second-order valence-electron chi connectivity index (χ2n) is 5.71. The lowest BCUT2D eigenvalue weighted by atomic mass is 10.3. The zero-order valence-corrected chi connectivity index (χ0v) is 17.6. The highest BCUT2D eigenvalue weighted by atomic mass is 127. The van der Waals surface area contributed by atoms with Gasteiger partial charge in [-0.3, -0.25) is 4.79 Å². The predicted octanol–water partition coefficient (Wildman–Crippen LogP) is 2.27. The van der Waals surface area contributed by atoms with Crippen LogP contribution in [0.2, 0.25) is 0 Å². The Morgan fingerprint density at radius 3 is 2.52 bits per heavy atom. The van der Waals surface area contributed by atoms with E-state index in [0.717, 1.165) is 17.7 Å². The number of aliphatic imine (C=N–C) groups is 1. The standard InChI is InChI=1S/C18H28N4O2.HI/c1-15(2)13-20-18(21-14-17(23)22(3)4)19-11-8-12-24-16-9-6-5-7-10-16;/h5-7,9-10H,1,8,11-14H2,2-4H3,(H2,19,20,21);1H. The quantitative estimate of drug-likeness (QED) is 0.195. The molecule has 1 aromatic rings. The number of likely N-dealkylation sites (N-methyl/N-ethyl adjacent to an activating group) is 1. The summed E-state index contributed by atoms with van der Waals surface area (Å²) >= 11 is 0. The number of hydrogen-bond donors (Lipinski definition) is 2. The third kappa shape index (κ3) is 11.4. The first kappa shape index (κ1) is 23.2. The molecule has 7 heteroatoms. The first-order valence-corrected chi connectivity index (χ1v) is 8.03. The SMILES string of the molecule is C=C(C)CNC(=NCC(=O)N(C)C)NCCCOc1ccccc1.I. The van der Waals surface area contributed by atoms with Crippen molar-refractivity contribution in [3.05, 3.63) is 42.5 Å². The lowest BCUT2D eigenvalue weighted by Gasteiger charge is -2.14. The molecule has 6 nitrogen and oxygen atoms in total. The van der Waals surface area contributed by atoms with Gasteiger partial charge in [0.1, 0.15) is 12.3 Å². The van der Waals surface area contributed by atoms with E-state index in [-0.39, 0.29) is 36.4 Å². The minimum absolute atomic E-state index is 0. The molecular formula is C18H29IN4O2.